The maximum absolute atomic E-state index is 11.9. The molecule has 0 radical (unpaired) electrons. The molecule has 0 amide bonds. The number of aromatic carboxylic acids is 1. The molecule has 55 heavy (non-hydrogen) atoms. The van der Waals surface area contributed by atoms with Crippen LogP contribution in [0.3, 0.4) is 0 Å². The van der Waals surface area contributed by atoms with Crippen molar-refractivity contribution in [1.82, 2.24) is 4.98 Å². The molecule has 11 nitrogen and oxygen atoms in total. The summed E-state index contributed by atoms with van der Waals surface area (Å²) < 4.78 is 0. The van der Waals surface area contributed by atoms with Gasteiger partial charge in [0, 0.05) is 22.6 Å². The van der Waals surface area contributed by atoms with Crippen LogP contribution in [0.15, 0.2) is 133 Å². The fourth-order valence-corrected chi connectivity index (χ4v) is 4.49. The Morgan fingerprint density at radius 1 is 0.836 bits per heavy atom. The maximum atomic E-state index is 11.9. The summed E-state index contributed by atoms with van der Waals surface area (Å²) in [4.78, 5) is 29.0. The Labute approximate surface area is 352 Å². The van der Waals surface area contributed by atoms with Crippen LogP contribution in [0.1, 0.15) is 48.8 Å². The minimum absolute atomic E-state index is 0. The molecular formula is C40H37N7O4RuS3. The van der Waals surface area contributed by atoms with E-state index >= 15 is 0 Å². The number of nitrogens with one attached hydrogen (secondary N) is 2. The van der Waals surface area contributed by atoms with Crippen LogP contribution in [0.5, 0.6) is 0 Å². The van der Waals surface area contributed by atoms with Crippen molar-refractivity contribution in [3.05, 3.63) is 162 Å². The van der Waals surface area contributed by atoms with Crippen molar-refractivity contribution >= 4 is 78.2 Å². The summed E-state index contributed by atoms with van der Waals surface area (Å²) in [6.07, 6.45) is 9.09. The average molecular weight is 877 g/mol. The standard InChI is InChI=1S/C35H31N4O4.C2H6.3CHNS.Ru/c1-24(12-13-27(34(40)41)21-32(37)33-22-28(23-38-33)35(42)43)20-26(18-19-36)25-14-16-31(17-15-25)39(29-8-4-2-5-9-29)30-10-6-3-7-11-30;1-2;3*2-1-3;/h2-11,13-24,36-37H,12H2,1H3,(H,40,41)(H,42,43);1-2H3;3*3H;/q-3;;;;;+6/p-3/b19-18-,26-20+,27-13+,32-21-;;;;;. The number of benzene rings is 3. The summed E-state index contributed by atoms with van der Waals surface area (Å²) in [5, 5.41) is 44.2. The zero-order chi connectivity index (χ0) is 40.9. The molecule has 0 spiro atoms. The third kappa shape index (κ3) is 19.1. The minimum Gasteiger partial charge on any atom is -0.705 e. The quantitative estimate of drug-likeness (QED) is 0.0448. The summed E-state index contributed by atoms with van der Waals surface area (Å²) in [6, 6.07) is 29.5. The molecule has 282 valence electrons. The molecule has 0 fully saturated rings. The summed E-state index contributed by atoms with van der Waals surface area (Å²) in [7, 11) is 0. The Bertz CT molecular complexity index is 1910. The number of hydrogen-bond acceptors (Lipinski definition) is 9. The first-order valence-electron chi connectivity index (χ1n) is 15.8. The van der Waals surface area contributed by atoms with E-state index in [9.17, 15) is 14.7 Å². The van der Waals surface area contributed by atoms with Gasteiger partial charge in [0.25, 0.3) is 0 Å². The van der Waals surface area contributed by atoms with Crippen molar-refractivity contribution in [3.63, 3.8) is 0 Å². The molecule has 3 aromatic carbocycles. The van der Waals surface area contributed by atoms with E-state index < -0.39 is 11.9 Å². The molecule has 0 saturated heterocycles. The maximum Gasteiger partial charge on any atom is 6.00 e. The van der Waals surface area contributed by atoms with E-state index in [1.807, 2.05) is 87.5 Å². The fraction of sp³-hybridized carbons (Fsp3) is 0.125. The molecule has 1 aromatic heterocycles. The number of carboxylic acid groups (broad SMARTS) is 2. The second-order valence-corrected chi connectivity index (χ2v) is 10.6. The molecule has 1 atom stereocenters. The van der Waals surface area contributed by atoms with Gasteiger partial charge in [-0.1, -0.05) is 116 Å². The van der Waals surface area contributed by atoms with Crippen LogP contribution in [0, 0.1) is 37.9 Å². The van der Waals surface area contributed by atoms with Crippen LogP contribution in [0.25, 0.3) is 22.7 Å². The first-order valence-corrected chi connectivity index (χ1v) is 17.1. The van der Waals surface area contributed by atoms with E-state index in [1.54, 1.807) is 6.08 Å². The number of thiocyanates is 3. The molecule has 0 aliphatic heterocycles. The van der Waals surface area contributed by atoms with Crippen molar-refractivity contribution in [2.75, 3.05) is 4.90 Å². The molecule has 1 unspecified atom stereocenters. The Kier molecular flexibility index (Phi) is 28.3. The van der Waals surface area contributed by atoms with Gasteiger partial charge < -0.3 is 69.5 Å². The summed E-state index contributed by atoms with van der Waals surface area (Å²) in [5.41, 5.74) is 20.4. The SMILES string of the molecule is CC.CC(/C=C(\C=C/[NH-])c1ccc(N(c2ccccc2)c2ccccc2)cc1)C/C=C(\C=C(/[NH-])c1cc(C(=O)O)c[n-]1)C(=O)O.N#C[S-].N#C[S-].N#C[S-].[Ru+6]. The number of aromatic nitrogens is 1. The van der Waals surface area contributed by atoms with E-state index in [0.717, 1.165) is 34.4 Å². The number of carboxylic acids is 2. The van der Waals surface area contributed by atoms with E-state index in [-0.39, 0.29) is 47.9 Å². The Morgan fingerprint density at radius 2 is 1.29 bits per heavy atom. The van der Waals surface area contributed by atoms with Gasteiger partial charge in [-0.25, -0.2) is 25.4 Å². The fourth-order valence-electron chi connectivity index (χ4n) is 4.49. The zero-order valence-electron chi connectivity index (χ0n) is 29.9. The van der Waals surface area contributed by atoms with Crippen molar-refractivity contribution in [3.8, 4) is 16.2 Å². The molecule has 4 aromatic rings. The molecule has 0 bridgehead atoms. The predicted molar refractivity (Wildman–Crippen MR) is 221 cm³/mol. The molecule has 4 rings (SSSR count). The normalized spacial score (nSPS) is 10.8. The molecule has 4 N–H and O–H groups in total. The van der Waals surface area contributed by atoms with Crippen LogP contribution >= 0.6 is 0 Å². The summed E-state index contributed by atoms with van der Waals surface area (Å²) in [6.45, 7) is 5.94. The Balaban J connectivity index is 0. The van der Waals surface area contributed by atoms with Gasteiger partial charge in [-0.2, -0.15) is 23.8 Å². The topological polar surface area (TPSA) is 211 Å². The second-order valence-electron chi connectivity index (χ2n) is 10.1. The van der Waals surface area contributed by atoms with Crippen molar-refractivity contribution in [2.45, 2.75) is 27.2 Å². The van der Waals surface area contributed by atoms with Gasteiger partial charge in [0.1, 0.15) is 0 Å². The molecule has 1 heterocycles. The largest absolute Gasteiger partial charge is 6.00 e. The van der Waals surface area contributed by atoms with Gasteiger partial charge in [0.2, 0.25) is 0 Å². The van der Waals surface area contributed by atoms with E-state index in [4.69, 9.17) is 32.4 Å². The third-order valence-corrected chi connectivity index (χ3v) is 6.63. The Morgan fingerprint density at radius 3 is 1.69 bits per heavy atom. The van der Waals surface area contributed by atoms with Gasteiger partial charge in [-0.05, 0) is 59.9 Å². The smallest absolute Gasteiger partial charge is 0.705 e. The first-order chi connectivity index (χ1) is 26.0. The van der Waals surface area contributed by atoms with Gasteiger partial charge in [-0.15, -0.1) is 0 Å². The molecular weight excluding hydrogens is 840 g/mol. The summed E-state index contributed by atoms with van der Waals surface area (Å²) >= 11 is 11.1. The number of nitrogens with zero attached hydrogens (tertiary/aromatic N) is 5. The van der Waals surface area contributed by atoms with Crippen LogP contribution < -0.4 is 9.88 Å². The Hall–Kier alpha value is -6.01. The first kappa shape index (κ1) is 51.1. The number of anilines is 3. The number of rotatable bonds is 12. The van der Waals surface area contributed by atoms with Crippen LogP contribution in [0.2, 0.25) is 0 Å². The van der Waals surface area contributed by atoms with Crippen LogP contribution in [0.4, 0.5) is 17.1 Å². The number of nitriles is 3. The molecule has 15 heteroatoms. The van der Waals surface area contributed by atoms with Crippen molar-refractivity contribution in [2.24, 2.45) is 5.92 Å². The van der Waals surface area contributed by atoms with Gasteiger partial charge in [0.05, 0.1) is 5.57 Å². The number of aliphatic carboxylic acids is 1. The van der Waals surface area contributed by atoms with Crippen molar-refractivity contribution < 1.29 is 39.3 Å². The van der Waals surface area contributed by atoms with E-state index in [0.29, 0.717) is 6.42 Å². The van der Waals surface area contributed by atoms with E-state index in [2.05, 4.69) is 72.0 Å². The average Bonchev–Trinajstić information content (AvgIpc) is 3.68. The van der Waals surface area contributed by atoms with Crippen LogP contribution in [-0.4, -0.2) is 22.2 Å². The van der Waals surface area contributed by atoms with E-state index in [1.165, 1.54) is 40.6 Å². The molecule has 0 aliphatic carbocycles. The van der Waals surface area contributed by atoms with Gasteiger partial charge >= 0.3 is 31.4 Å². The minimum atomic E-state index is -1.20. The third-order valence-electron chi connectivity index (χ3n) is 6.63. The van der Waals surface area contributed by atoms with Gasteiger partial charge in [-0.3, -0.25) is 0 Å². The van der Waals surface area contributed by atoms with Crippen LogP contribution in [-0.2, 0) is 62.2 Å². The number of carbonyl (C=O) groups is 2. The zero-order valence-corrected chi connectivity index (χ0v) is 34.1. The van der Waals surface area contributed by atoms with Gasteiger partial charge in [0.15, 0.2) is 0 Å². The number of allylic oxidation sites excluding steroid dienone is 4. The van der Waals surface area contributed by atoms with Crippen molar-refractivity contribution in [1.29, 1.82) is 15.8 Å². The summed E-state index contributed by atoms with van der Waals surface area (Å²) in [5.74, 6) is -2.46. The predicted octanol–water partition coefficient (Wildman–Crippen LogP) is 9.96. The molecule has 0 saturated carbocycles. The second kappa shape index (κ2) is 30.5. The number of hydrogen-bond donors (Lipinski definition) is 2. The monoisotopic (exact) mass is 877 g/mol. The molecule has 0 aliphatic rings. The number of para-hydroxylation sites is 2.